The van der Waals surface area contributed by atoms with Crippen molar-refractivity contribution < 1.29 is 14.5 Å². The van der Waals surface area contributed by atoms with Gasteiger partial charge in [-0.3, -0.25) is 0 Å². The van der Waals surface area contributed by atoms with Gasteiger partial charge in [-0.2, -0.15) is 9.78 Å². The minimum absolute atomic E-state index is 0.0824. The normalized spacial score (nSPS) is 10.8. The zero-order chi connectivity index (χ0) is 19.7. The van der Waals surface area contributed by atoms with E-state index >= 15 is 0 Å². The molecule has 8 heteroatoms. The van der Waals surface area contributed by atoms with Crippen molar-refractivity contribution in [2.45, 2.75) is 0 Å². The van der Waals surface area contributed by atoms with E-state index < -0.39 is 10.9 Å². The van der Waals surface area contributed by atoms with Crippen LogP contribution in [0.4, 0.5) is 5.82 Å². The Morgan fingerprint density at radius 1 is 1.04 bits per heavy atom. The number of aromatic nitrogens is 3. The molecule has 0 aliphatic carbocycles. The molecule has 4 rings (SSSR count). The molecule has 0 radical (unpaired) electrons. The summed E-state index contributed by atoms with van der Waals surface area (Å²) in [6, 6.07) is 19.7. The molecule has 8 nitrogen and oxygen atoms in total. The highest BCUT2D eigenvalue weighted by molar-refractivity contribution is 5.91. The third-order valence-corrected chi connectivity index (χ3v) is 4.27. The van der Waals surface area contributed by atoms with Crippen LogP contribution in [0.15, 0.2) is 66.7 Å². The highest BCUT2D eigenvalue weighted by Crippen LogP contribution is 2.27. The van der Waals surface area contributed by atoms with Gasteiger partial charge in [0.1, 0.15) is 0 Å². The van der Waals surface area contributed by atoms with E-state index in [-0.39, 0.29) is 17.3 Å². The fraction of sp³-hybridized carbons (Fsp3) is 0.0500. The molecule has 0 saturated heterocycles. The van der Waals surface area contributed by atoms with E-state index in [0.717, 1.165) is 16.3 Å². The largest absolute Gasteiger partial charge is 0.464 e. The first-order chi connectivity index (χ1) is 13.6. The number of pyridine rings is 1. The molecule has 0 atom stereocenters. The molecule has 0 unspecified atom stereocenters. The number of carbonyl (C=O) groups excluding carboxylic acids is 1. The predicted molar refractivity (Wildman–Crippen MR) is 102 cm³/mol. The van der Waals surface area contributed by atoms with E-state index in [0.29, 0.717) is 5.69 Å². The number of benzene rings is 2. The Balaban J connectivity index is 1.92. The van der Waals surface area contributed by atoms with Crippen molar-refractivity contribution in [3.63, 3.8) is 0 Å². The summed E-state index contributed by atoms with van der Waals surface area (Å²) < 4.78 is 6.17. The van der Waals surface area contributed by atoms with Crippen LogP contribution in [0.1, 0.15) is 10.5 Å². The van der Waals surface area contributed by atoms with Crippen molar-refractivity contribution in [1.82, 2.24) is 14.8 Å². The van der Waals surface area contributed by atoms with Gasteiger partial charge in [-0.05, 0) is 38.9 Å². The van der Waals surface area contributed by atoms with Gasteiger partial charge >= 0.3 is 11.8 Å². The summed E-state index contributed by atoms with van der Waals surface area (Å²) in [5.41, 5.74) is 1.44. The van der Waals surface area contributed by atoms with Crippen LogP contribution in [0.25, 0.3) is 27.8 Å². The number of fused-ring (bicyclic) bond motifs is 1. The van der Waals surface area contributed by atoms with Crippen LogP contribution in [-0.4, -0.2) is 32.8 Å². The van der Waals surface area contributed by atoms with Gasteiger partial charge in [-0.1, -0.05) is 36.4 Å². The van der Waals surface area contributed by atoms with Gasteiger partial charge in [0.25, 0.3) is 5.82 Å². The van der Waals surface area contributed by atoms with Crippen molar-refractivity contribution in [2.75, 3.05) is 7.11 Å². The highest BCUT2D eigenvalue weighted by Gasteiger charge is 2.21. The number of ether oxygens (including phenoxy) is 1. The Hall–Kier alpha value is -4.07. The topological polar surface area (TPSA) is 100 Å². The molecule has 2 aromatic heterocycles. The number of hydrogen-bond acceptors (Lipinski definition) is 6. The monoisotopic (exact) mass is 374 g/mol. The molecular weight excluding hydrogens is 360 g/mol. The van der Waals surface area contributed by atoms with Crippen LogP contribution in [0.5, 0.6) is 0 Å². The standard InChI is InChI=1S/C20H14N4O4/c1-28-20(25)16-12-17(15-10-9-13-5-2-3-6-14(13)11-15)23(22-16)18-7-4-8-19(21-18)24(26)27/h2-12H,1H3. The minimum atomic E-state index is -0.605. The second-order valence-corrected chi connectivity index (χ2v) is 5.99. The number of esters is 1. The molecule has 138 valence electrons. The van der Waals surface area contributed by atoms with Crippen molar-refractivity contribution in [3.8, 4) is 17.1 Å². The Kier molecular flexibility index (Phi) is 4.29. The Labute approximate surface area is 159 Å². The SMILES string of the molecule is COC(=O)c1cc(-c2ccc3ccccc3c2)n(-c2cccc([N+](=O)[O-])n2)n1. The van der Waals surface area contributed by atoms with Crippen molar-refractivity contribution in [2.24, 2.45) is 0 Å². The summed E-state index contributed by atoms with van der Waals surface area (Å²) in [6.07, 6.45) is 0. The molecule has 28 heavy (non-hydrogen) atoms. The Morgan fingerprint density at radius 2 is 1.82 bits per heavy atom. The summed E-state index contributed by atoms with van der Waals surface area (Å²) in [5, 5.41) is 17.4. The first-order valence-electron chi connectivity index (χ1n) is 8.36. The van der Waals surface area contributed by atoms with Crippen LogP contribution in [0, 0.1) is 10.1 Å². The predicted octanol–water partition coefficient (Wildman–Crippen LogP) is 3.78. The van der Waals surface area contributed by atoms with Crippen molar-refractivity contribution in [3.05, 3.63) is 82.5 Å². The second kappa shape index (κ2) is 6.92. The molecule has 2 heterocycles. The Bertz CT molecular complexity index is 1220. The molecule has 0 bridgehead atoms. The summed E-state index contributed by atoms with van der Waals surface area (Å²) in [6.45, 7) is 0. The molecule has 0 aliphatic rings. The third kappa shape index (κ3) is 3.07. The summed E-state index contributed by atoms with van der Waals surface area (Å²) in [4.78, 5) is 26.5. The lowest BCUT2D eigenvalue weighted by Crippen LogP contribution is -2.06. The maximum Gasteiger partial charge on any atom is 0.365 e. The fourth-order valence-corrected chi connectivity index (χ4v) is 2.95. The maximum absolute atomic E-state index is 12.0. The van der Waals surface area contributed by atoms with Gasteiger partial charge in [0, 0.05) is 17.7 Å². The number of hydrogen-bond donors (Lipinski definition) is 0. The van der Waals surface area contributed by atoms with Gasteiger partial charge in [0.05, 0.1) is 12.8 Å². The third-order valence-electron chi connectivity index (χ3n) is 4.27. The van der Waals surface area contributed by atoms with Crippen LogP contribution in [0.3, 0.4) is 0 Å². The van der Waals surface area contributed by atoms with Crippen molar-refractivity contribution in [1.29, 1.82) is 0 Å². The van der Waals surface area contributed by atoms with Crippen LogP contribution >= 0.6 is 0 Å². The molecular formula is C20H14N4O4. The van der Waals surface area contributed by atoms with Gasteiger partial charge in [0.15, 0.2) is 5.69 Å². The van der Waals surface area contributed by atoms with Crippen LogP contribution in [0.2, 0.25) is 0 Å². The highest BCUT2D eigenvalue weighted by atomic mass is 16.6. The van der Waals surface area contributed by atoms with E-state index in [9.17, 15) is 14.9 Å². The molecule has 0 fully saturated rings. The van der Waals surface area contributed by atoms with Gasteiger partial charge in [-0.25, -0.2) is 4.79 Å². The van der Waals surface area contributed by atoms with Crippen LogP contribution in [-0.2, 0) is 4.74 Å². The minimum Gasteiger partial charge on any atom is -0.464 e. The summed E-state index contributed by atoms with van der Waals surface area (Å²) in [7, 11) is 1.27. The maximum atomic E-state index is 12.0. The van der Waals surface area contributed by atoms with Gasteiger partial charge in [0.2, 0.25) is 0 Å². The zero-order valence-corrected chi connectivity index (χ0v) is 14.8. The van der Waals surface area contributed by atoms with Gasteiger partial charge < -0.3 is 14.9 Å². The quantitative estimate of drug-likeness (QED) is 0.306. The van der Waals surface area contributed by atoms with E-state index in [2.05, 4.69) is 10.1 Å². The van der Waals surface area contributed by atoms with Crippen molar-refractivity contribution >= 4 is 22.6 Å². The van der Waals surface area contributed by atoms with Gasteiger partial charge in [-0.15, -0.1) is 0 Å². The number of carbonyl (C=O) groups is 1. The molecule has 0 aliphatic heterocycles. The fourth-order valence-electron chi connectivity index (χ4n) is 2.95. The average Bonchev–Trinajstić information content (AvgIpc) is 3.18. The second-order valence-electron chi connectivity index (χ2n) is 5.99. The number of nitro groups is 1. The molecule has 0 amide bonds. The number of nitrogens with zero attached hydrogens (tertiary/aromatic N) is 4. The molecule has 2 aromatic carbocycles. The van der Waals surface area contributed by atoms with E-state index in [4.69, 9.17) is 4.74 Å². The van der Waals surface area contributed by atoms with E-state index in [1.807, 2.05) is 42.5 Å². The first-order valence-corrected chi connectivity index (χ1v) is 8.36. The molecule has 0 spiro atoms. The summed E-state index contributed by atoms with van der Waals surface area (Å²) >= 11 is 0. The van der Waals surface area contributed by atoms with Crippen LogP contribution < -0.4 is 0 Å². The summed E-state index contributed by atoms with van der Waals surface area (Å²) in [5.74, 6) is -0.684. The lowest BCUT2D eigenvalue weighted by molar-refractivity contribution is -0.389. The number of rotatable bonds is 4. The zero-order valence-electron chi connectivity index (χ0n) is 14.8. The smallest absolute Gasteiger partial charge is 0.365 e. The lowest BCUT2D eigenvalue weighted by Gasteiger charge is -2.06. The van der Waals surface area contributed by atoms with E-state index in [1.54, 1.807) is 12.1 Å². The number of methoxy groups -OCH3 is 1. The Morgan fingerprint density at radius 3 is 2.57 bits per heavy atom. The first kappa shape index (κ1) is 17.3. The van der Waals surface area contributed by atoms with E-state index in [1.165, 1.54) is 23.9 Å². The molecule has 0 saturated carbocycles. The molecule has 4 aromatic rings. The molecule has 0 N–H and O–H groups in total. The lowest BCUT2D eigenvalue weighted by atomic mass is 10.0. The average molecular weight is 374 g/mol.